The topological polar surface area (TPSA) is 123 Å². The number of carbonyl (C=O) groups is 2. The molecule has 2 aromatic rings. The van der Waals surface area contributed by atoms with Gasteiger partial charge in [0.15, 0.2) is 6.61 Å². The summed E-state index contributed by atoms with van der Waals surface area (Å²) in [6.45, 7) is 1.21. The molecule has 0 aliphatic heterocycles. The van der Waals surface area contributed by atoms with E-state index in [1.165, 1.54) is 21.2 Å². The van der Waals surface area contributed by atoms with Crippen molar-refractivity contribution in [1.29, 1.82) is 0 Å². The molecule has 27 heavy (non-hydrogen) atoms. The minimum absolute atomic E-state index is 0.0983. The Balaban J connectivity index is 2.15. The van der Waals surface area contributed by atoms with Crippen LogP contribution in [-0.4, -0.2) is 34.6 Å². The number of hydrogen-bond donors (Lipinski definition) is 1. The summed E-state index contributed by atoms with van der Waals surface area (Å²) in [7, 11) is 4.06. The Bertz CT molecular complexity index is 1020. The minimum atomic E-state index is -0.836. The molecule has 0 fully saturated rings. The maximum Gasteiger partial charge on any atom is 0.332 e. The summed E-state index contributed by atoms with van der Waals surface area (Å²) in [4.78, 5) is 48.3. The van der Waals surface area contributed by atoms with Gasteiger partial charge in [0.2, 0.25) is 5.78 Å². The van der Waals surface area contributed by atoms with Crippen molar-refractivity contribution in [1.82, 2.24) is 9.13 Å². The van der Waals surface area contributed by atoms with Crippen molar-refractivity contribution in [2.24, 2.45) is 14.1 Å². The molecular formula is C18H21N3O6. The third-order valence-corrected chi connectivity index (χ3v) is 4.12. The SMILES string of the molecule is COc1ccc(C)cc1CC(=O)OCC(=O)c1c(N)n(C)c(=O)n(C)c1=O. The lowest BCUT2D eigenvalue weighted by atomic mass is 10.1. The van der Waals surface area contributed by atoms with E-state index in [1.54, 1.807) is 12.1 Å². The summed E-state index contributed by atoms with van der Waals surface area (Å²) in [6, 6.07) is 5.36. The Kier molecular flexibility index (Phi) is 5.84. The number of nitrogen functional groups attached to an aromatic ring is 1. The van der Waals surface area contributed by atoms with Crippen LogP contribution in [0.4, 0.5) is 5.82 Å². The van der Waals surface area contributed by atoms with E-state index >= 15 is 0 Å². The van der Waals surface area contributed by atoms with Crippen LogP contribution >= 0.6 is 0 Å². The Hall–Kier alpha value is -3.36. The van der Waals surface area contributed by atoms with Crippen molar-refractivity contribution >= 4 is 17.6 Å². The Labute approximate surface area is 154 Å². The molecule has 0 bridgehead atoms. The number of anilines is 1. The van der Waals surface area contributed by atoms with Gasteiger partial charge in [0.05, 0.1) is 13.5 Å². The summed E-state index contributed by atoms with van der Waals surface area (Å²) >= 11 is 0. The van der Waals surface area contributed by atoms with Gasteiger partial charge in [-0.2, -0.15) is 0 Å². The Morgan fingerprint density at radius 3 is 2.44 bits per heavy atom. The molecular weight excluding hydrogens is 354 g/mol. The zero-order valence-corrected chi connectivity index (χ0v) is 15.6. The minimum Gasteiger partial charge on any atom is -0.496 e. The van der Waals surface area contributed by atoms with Crippen LogP contribution in [0.15, 0.2) is 27.8 Å². The van der Waals surface area contributed by atoms with Crippen molar-refractivity contribution < 1.29 is 19.1 Å². The van der Waals surface area contributed by atoms with E-state index in [-0.39, 0.29) is 17.8 Å². The lowest BCUT2D eigenvalue weighted by Crippen LogP contribution is -2.42. The molecule has 0 saturated heterocycles. The van der Waals surface area contributed by atoms with E-state index < -0.39 is 29.6 Å². The van der Waals surface area contributed by atoms with Crippen LogP contribution in [0.25, 0.3) is 0 Å². The average Bonchev–Trinajstić information content (AvgIpc) is 2.63. The summed E-state index contributed by atoms with van der Waals surface area (Å²) in [6.07, 6.45) is -0.0983. The first-order valence-corrected chi connectivity index (χ1v) is 8.05. The van der Waals surface area contributed by atoms with E-state index in [1.807, 2.05) is 13.0 Å². The normalized spacial score (nSPS) is 10.5. The molecule has 9 nitrogen and oxygen atoms in total. The van der Waals surface area contributed by atoms with Crippen molar-refractivity contribution in [2.45, 2.75) is 13.3 Å². The van der Waals surface area contributed by atoms with E-state index in [2.05, 4.69) is 0 Å². The standard InChI is InChI=1S/C18H21N3O6/c1-10-5-6-13(26-4)11(7-10)8-14(23)27-9-12(22)15-16(19)20(2)18(25)21(3)17(15)24/h5-7H,8-9,19H2,1-4H3. The monoisotopic (exact) mass is 375 g/mol. The van der Waals surface area contributed by atoms with E-state index in [4.69, 9.17) is 15.2 Å². The molecule has 0 amide bonds. The van der Waals surface area contributed by atoms with Gasteiger partial charge >= 0.3 is 11.7 Å². The van der Waals surface area contributed by atoms with Gasteiger partial charge in [-0.25, -0.2) is 4.79 Å². The molecule has 0 saturated carbocycles. The second-order valence-corrected chi connectivity index (χ2v) is 6.04. The number of ketones is 1. The largest absolute Gasteiger partial charge is 0.496 e. The summed E-state index contributed by atoms with van der Waals surface area (Å²) < 4.78 is 11.9. The van der Waals surface area contributed by atoms with Crippen molar-refractivity contribution in [2.75, 3.05) is 19.5 Å². The molecule has 0 unspecified atom stereocenters. The fraction of sp³-hybridized carbons (Fsp3) is 0.333. The van der Waals surface area contributed by atoms with Crippen LogP contribution in [0, 0.1) is 6.92 Å². The number of benzene rings is 1. The maximum atomic E-state index is 12.3. The van der Waals surface area contributed by atoms with Crippen LogP contribution in [0.5, 0.6) is 5.75 Å². The van der Waals surface area contributed by atoms with Gasteiger partial charge in [0.25, 0.3) is 5.56 Å². The number of nitrogens with zero attached hydrogens (tertiary/aromatic N) is 2. The van der Waals surface area contributed by atoms with E-state index in [0.29, 0.717) is 11.3 Å². The zero-order valence-electron chi connectivity index (χ0n) is 15.6. The third kappa shape index (κ3) is 4.08. The highest BCUT2D eigenvalue weighted by Gasteiger charge is 2.21. The van der Waals surface area contributed by atoms with Crippen LogP contribution in [0.3, 0.4) is 0 Å². The van der Waals surface area contributed by atoms with E-state index in [9.17, 15) is 19.2 Å². The fourth-order valence-electron chi connectivity index (χ4n) is 2.59. The van der Waals surface area contributed by atoms with Gasteiger partial charge < -0.3 is 15.2 Å². The molecule has 0 atom stereocenters. The number of methoxy groups -OCH3 is 1. The molecule has 9 heteroatoms. The first-order chi connectivity index (χ1) is 12.7. The molecule has 0 radical (unpaired) electrons. The second-order valence-electron chi connectivity index (χ2n) is 6.04. The van der Waals surface area contributed by atoms with Gasteiger partial charge in [-0.05, 0) is 13.0 Å². The quantitative estimate of drug-likeness (QED) is 0.555. The van der Waals surface area contributed by atoms with Gasteiger partial charge in [0.1, 0.15) is 17.1 Å². The van der Waals surface area contributed by atoms with Crippen LogP contribution in [0.1, 0.15) is 21.5 Å². The third-order valence-electron chi connectivity index (χ3n) is 4.12. The van der Waals surface area contributed by atoms with Crippen molar-refractivity contribution in [3.63, 3.8) is 0 Å². The number of rotatable bonds is 6. The molecule has 0 spiro atoms. The molecule has 1 aromatic heterocycles. The molecule has 1 aromatic carbocycles. The number of aromatic nitrogens is 2. The zero-order chi connectivity index (χ0) is 20.3. The highest BCUT2D eigenvalue weighted by atomic mass is 16.5. The van der Waals surface area contributed by atoms with Crippen LogP contribution in [-0.2, 0) is 30.0 Å². The molecule has 0 aliphatic carbocycles. The Morgan fingerprint density at radius 2 is 1.81 bits per heavy atom. The lowest BCUT2D eigenvalue weighted by Gasteiger charge is -2.11. The van der Waals surface area contributed by atoms with Gasteiger partial charge in [-0.15, -0.1) is 0 Å². The second kappa shape index (κ2) is 7.90. The molecule has 144 valence electrons. The molecule has 1 heterocycles. The lowest BCUT2D eigenvalue weighted by molar-refractivity contribution is -0.141. The predicted octanol–water partition coefficient (Wildman–Crippen LogP) is -0.0482. The molecule has 0 aliphatic rings. The predicted molar refractivity (Wildman–Crippen MR) is 98.1 cm³/mol. The highest BCUT2D eigenvalue weighted by molar-refractivity contribution is 6.01. The Morgan fingerprint density at radius 1 is 1.15 bits per heavy atom. The van der Waals surface area contributed by atoms with Crippen LogP contribution in [0.2, 0.25) is 0 Å². The molecule has 2 N–H and O–H groups in total. The smallest absolute Gasteiger partial charge is 0.332 e. The van der Waals surface area contributed by atoms with Crippen molar-refractivity contribution in [3.05, 3.63) is 55.7 Å². The summed E-state index contributed by atoms with van der Waals surface area (Å²) in [5.41, 5.74) is 5.39. The van der Waals surface area contributed by atoms with Gasteiger partial charge in [0, 0.05) is 19.7 Å². The van der Waals surface area contributed by atoms with Gasteiger partial charge in [-0.3, -0.25) is 23.5 Å². The number of aryl methyl sites for hydroxylation is 1. The van der Waals surface area contributed by atoms with Crippen LogP contribution < -0.4 is 21.7 Å². The number of hydrogen-bond acceptors (Lipinski definition) is 7. The van der Waals surface area contributed by atoms with Crippen molar-refractivity contribution in [3.8, 4) is 5.75 Å². The number of nitrogens with two attached hydrogens (primary N) is 1. The first kappa shape index (κ1) is 20.0. The summed E-state index contributed by atoms with van der Waals surface area (Å²) in [5, 5.41) is 0. The number of carbonyl (C=O) groups excluding carboxylic acids is 2. The molecule has 2 rings (SSSR count). The fourth-order valence-corrected chi connectivity index (χ4v) is 2.59. The average molecular weight is 375 g/mol. The maximum absolute atomic E-state index is 12.3. The number of ether oxygens (including phenoxy) is 2. The highest BCUT2D eigenvalue weighted by Crippen LogP contribution is 2.20. The number of Topliss-reactive ketones (excluding diaryl/α,β-unsaturated/α-hetero) is 1. The van der Waals surface area contributed by atoms with E-state index in [0.717, 1.165) is 14.7 Å². The number of esters is 1. The van der Waals surface area contributed by atoms with Gasteiger partial charge in [-0.1, -0.05) is 17.7 Å². The first-order valence-electron chi connectivity index (χ1n) is 8.05. The summed E-state index contributed by atoms with van der Waals surface area (Å²) in [5.74, 6) is -1.19.